The Balaban J connectivity index is 2.50. The number of carbonyl (C=O) groups is 1. The van der Waals surface area contributed by atoms with Crippen LogP contribution in [0.5, 0.6) is 0 Å². The third-order valence-corrected chi connectivity index (χ3v) is 5.72. The molecule has 0 aromatic heterocycles. The Morgan fingerprint density at radius 1 is 1.57 bits per heavy atom. The molecule has 0 saturated carbocycles. The molecule has 21 heavy (non-hydrogen) atoms. The molecule has 116 valence electrons. The number of hydrogen-bond donors (Lipinski definition) is 3. The molecule has 1 saturated heterocycles. The fraction of sp³-hybridized carbons (Fsp3) is 0.417. The summed E-state index contributed by atoms with van der Waals surface area (Å²) >= 11 is 5.94. The van der Waals surface area contributed by atoms with Crippen molar-refractivity contribution in [3.05, 3.63) is 22.7 Å². The van der Waals surface area contributed by atoms with Crippen molar-refractivity contribution in [1.82, 2.24) is 4.31 Å². The average Bonchev–Trinajstić information content (AvgIpc) is 2.88. The Morgan fingerprint density at radius 3 is 2.81 bits per heavy atom. The van der Waals surface area contributed by atoms with Crippen molar-refractivity contribution in [1.29, 1.82) is 1.43 Å². The van der Waals surface area contributed by atoms with E-state index < -0.39 is 28.1 Å². The van der Waals surface area contributed by atoms with Gasteiger partial charge in [-0.3, -0.25) is 4.79 Å². The van der Waals surface area contributed by atoms with E-state index in [1.165, 1.54) is 12.1 Å². The fourth-order valence-electron chi connectivity index (χ4n) is 2.29. The summed E-state index contributed by atoms with van der Waals surface area (Å²) in [6.45, 7) is 1.45. The molecular weight excluding hydrogens is 320 g/mol. The van der Waals surface area contributed by atoms with Crippen molar-refractivity contribution in [2.45, 2.75) is 30.4 Å². The molecule has 9 heteroatoms. The lowest BCUT2D eigenvalue weighted by atomic mass is 10.2. The average molecular weight is 336 g/mol. The number of aliphatic hydroxyl groups excluding tert-OH is 1. The molecule has 1 aromatic carbocycles. The number of aliphatic hydroxyl groups is 1. The van der Waals surface area contributed by atoms with Gasteiger partial charge in [0.1, 0.15) is 10.9 Å². The van der Waals surface area contributed by atoms with Crippen LogP contribution in [-0.4, -0.2) is 49.0 Å². The van der Waals surface area contributed by atoms with Crippen molar-refractivity contribution < 1.29 is 23.4 Å². The van der Waals surface area contributed by atoms with E-state index in [9.17, 15) is 18.3 Å². The summed E-state index contributed by atoms with van der Waals surface area (Å²) in [4.78, 5) is 11.0. The number of anilines is 1. The van der Waals surface area contributed by atoms with Crippen molar-refractivity contribution in [3.63, 3.8) is 0 Å². The Hall–Kier alpha value is -1.35. The number of benzene rings is 1. The molecule has 2 rings (SSSR count). The van der Waals surface area contributed by atoms with Crippen LogP contribution in [0.2, 0.25) is 5.02 Å². The zero-order valence-electron chi connectivity index (χ0n) is 12.1. The normalized spacial score (nSPS) is 24.0. The topological polar surface area (TPSA) is 121 Å². The number of halogens is 1. The second-order valence-electron chi connectivity index (χ2n) is 4.93. The lowest BCUT2D eigenvalue weighted by Gasteiger charge is -2.22. The molecule has 2 atom stereocenters. The molecule has 7 nitrogen and oxygen atoms in total. The molecule has 0 amide bonds. The van der Waals surface area contributed by atoms with Crippen LogP contribution in [0.1, 0.15) is 12.0 Å². The summed E-state index contributed by atoms with van der Waals surface area (Å²) in [7, 11) is -4.17. The lowest BCUT2D eigenvalue weighted by molar-refractivity contribution is -0.140. The third-order valence-electron chi connectivity index (χ3n) is 3.38. The number of nitrogen functional groups attached to an aromatic ring is 1. The van der Waals surface area contributed by atoms with E-state index in [4.69, 9.17) is 18.8 Å². The Bertz CT molecular complexity index is 712. The highest BCUT2D eigenvalue weighted by Gasteiger charge is 2.44. The van der Waals surface area contributed by atoms with E-state index in [0.29, 0.717) is 5.56 Å². The second-order valence-corrected chi connectivity index (χ2v) is 7.19. The van der Waals surface area contributed by atoms with Crippen LogP contribution in [0.15, 0.2) is 17.0 Å². The number of sulfonamides is 1. The monoisotopic (exact) mass is 335 g/mol. The van der Waals surface area contributed by atoms with Gasteiger partial charge in [0.25, 0.3) is 0 Å². The molecule has 0 radical (unpaired) electrons. The van der Waals surface area contributed by atoms with Gasteiger partial charge in [0.15, 0.2) is 0 Å². The Morgan fingerprint density at radius 2 is 2.24 bits per heavy atom. The van der Waals surface area contributed by atoms with E-state index in [1.807, 2.05) is 0 Å². The molecule has 1 heterocycles. The summed E-state index contributed by atoms with van der Waals surface area (Å²) in [6.07, 6.45) is -0.907. The van der Waals surface area contributed by atoms with Gasteiger partial charge in [0.05, 0.1) is 11.8 Å². The number of aryl methyl sites for hydroxylation is 1. The minimum absolute atomic E-state index is 0.0127. The Kier molecular flexibility index (Phi) is 3.78. The first-order valence-corrected chi connectivity index (χ1v) is 7.92. The van der Waals surface area contributed by atoms with Gasteiger partial charge in [-0.25, -0.2) is 8.42 Å². The highest BCUT2D eigenvalue weighted by Crippen LogP contribution is 2.32. The van der Waals surface area contributed by atoms with Crippen LogP contribution in [0.3, 0.4) is 0 Å². The number of β-amino-alcohol motifs (C(OH)–C–C–N with tert-alkyl or cyclic N) is 1. The zero-order chi connectivity index (χ0) is 16.7. The maximum Gasteiger partial charge on any atom is 0.322 e. The van der Waals surface area contributed by atoms with Crippen molar-refractivity contribution in [2.75, 3.05) is 12.3 Å². The van der Waals surface area contributed by atoms with Gasteiger partial charge in [-0.1, -0.05) is 11.6 Å². The van der Waals surface area contributed by atoms with Gasteiger partial charge in [-0.2, -0.15) is 4.31 Å². The summed E-state index contributed by atoms with van der Waals surface area (Å²) in [6, 6.07) is 1.31. The highest BCUT2D eigenvalue weighted by molar-refractivity contribution is 7.89. The van der Waals surface area contributed by atoms with Crippen molar-refractivity contribution in [2.24, 2.45) is 0 Å². The minimum atomic E-state index is -4.17. The first kappa shape index (κ1) is 14.6. The quantitative estimate of drug-likeness (QED) is 0.686. The molecule has 0 aliphatic carbocycles. The molecule has 1 aliphatic heterocycles. The van der Waals surface area contributed by atoms with Gasteiger partial charge < -0.3 is 15.9 Å². The van der Waals surface area contributed by atoms with Gasteiger partial charge in [-0.15, -0.1) is 0 Å². The van der Waals surface area contributed by atoms with Crippen molar-refractivity contribution in [3.8, 4) is 0 Å². The lowest BCUT2D eigenvalue weighted by Crippen LogP contribution is -2.40. The highest BCUT2D eigenvalue weighted by atomic mass is 35.5. The summed E-state index contributed by atoms with van der Waals surface area (Å²) in [5.41, 5.74) is 6.35. The number of rotatable bonds is 4. The van der Waals surface area contributed by atoms with E-state index in [-0.39, 0.29) is 28.6 Å². The third kappa shape index (κ3) is 2.84. The summed E-state index contributed by atoms with van der Waals surface area (Å²) in [5, 5.41) is 13.8. The number of nitrogens with zero attached hydrogens (tertiary/aromatic N) is 1. The number of carboxylic acid groups (broad SMARTS) is 1. The maximum atomic E-state index is 12.7. The van der Waals surface area contributed by atoms with E-state index >= 15 is 0 Å². The minimum Gasteiger partial charge on any atom is -0.480 e. The number of carboxylic acids is 1. The molecule has 0 unspecified atom stereocenters. The van der Waals surface area contributed by atoms with E-state index in [0.717, 1.165) is 4.31 Å². The number of aliphatic carboxylic acids is 1. The summed E-state index contributed by atoms with van der Waals surface area (Å²) in [5.74, 6) is -1.31. The van der Waals surface area contributed by atoms with Gasteiger partial charge in [0, 0.05) is 18.0 Å². The molecular formula is C12H15ClN2O5S. The predicted octanol–water partition coefficient (Wildman–Crippen LogP) is 0.439. The van der Waals surface area contributed by atoms with Gasteiger partial charge in [-0.05, 0) is 24.6 Å². The van der Waals surface area contributed by atoms with Crippen LogP contribution in [0.25, 0.3) is 0 Å². The van der Waals surface area contributed by atoms with Crippen LogP contribution in [-0.2, 0) is 14.8 Å². The van der Waals surface area contributed by atoms with Crippen LogP contribution in [0.4, 0.5) is 5.69 Å². The second kappa shape index (κ2) is 5.45. The smallest absolute Gasteiger partial charge is 0.322 e. The number of nitrogens with two attached hydrogens (primary N) is 1. The SMILES string of the molecule is [2H]O[C@H]1C[C@@H](C(=O)O)N(S(=O)(=O)c2cc(Cl)c(C)cc2N)C1. The van der Waals surface area contributed by atoms with Crippen LogP contribution >= 0.6 is 11.6 Å². The largest absolute Gasteiger partial charge is 0.480 e. The van der Waals surface area contributed by atoms with E-state index in [2.05, 4.69) is 5.11 Å². The standard InChI is InChI=1S/C12H15ClN2O5S/c1-6-2-9(14)11(4-8(6)13)21(19,20)15-5-7(16)3-10(15)12(17)18/h2,4,7,10,16H,3,5,14H2,1H3,(H,17,18)/t7-,10-/m0/s1/i16D. The summed E-state index contributed by atoms with van der Waals surface area (Å²) < 4.78 is 33.1. The molecule has 4 N–H and O–H groups in total. The predicted molar refractivity (Wildman–Crippen MR) is 76.5 cm³/mol. The fourth-order valence-corrected chi connectivity index (χ4v) is 4.27. The first-order chi connectivity index (χ1) is 10.2. The molecule has 0 bridgehead atoms. The van der Waals surface area contributed by atoms with Gasteiger partial charge >= 0.3 is 5.97 Å². The Labute approximate surface area is 128 Å². The number of hydrogen-bond acceptors (Lipinski definition) is 5. The first-order valence-electron chi connectivity index (χ1n) is 6.51. The van der Waals surface area contributed by atoms with Crippen LogP contribution < -0.4 is 5.73 Å². The zero-order valence-corrected chi connectivity index (χ0v) is 12.7. The van der Waals surface area contributed by atoms with Gasteiger partial charge in [0.2, 0.25) is 11.5 Å². The van der Waals surface area contributed by atoms with E-state index in [1.54, 1.807) is 6.92 Å². The molecule has 1 aliphatic rings. The molecule has 0 spiro atoms. The van der Waals surface area contributed by atoms with Crippen molar-refractivity contribution >= 4 is 33.3 Å². The maximum absolute atomic E-state index is 12.7. The molecule has 1 fully saturated rings. The molecule has 1 aromatic rings. The van der Waals surface area contributed by atoms with Crippen LogP contribution in [0, 0.1) is 6.92 Å².